The zero-order chi connectivity index (χ0) is 10.6. The molecule has 1 saturated heterocycles. The largest absolute Gasteiger partial charge is 0.372 e. The Morgan fingerprint density at radius 3 is 2.40 bits per heavy atom. The van der Waals surface area contributed by atoms with Gasteiger partial charge < -0.3 is 15.0 Å². The lowest BCUT2D eigenvalue weighted by Gasteiger charge is -2.35. The van der Waals surface area contributed by atoms with Gasteiger partial charge in [0, 0.05) is 26.1 Å². The van der Waals surface area contributed by atoms with Crippen LogP contribution in [0.25, 0.3) is 0 Å². The van der Waals surface area contributed by atoms with Crippen molar-refractivity contribution < 1.29 is 9.53 Å². The lowest BCUT2D eigenvalue weighted by molar-refractivity contribution is -0.143. The summed E-state index contributed by atoms with van der Waals surface area (Å²) < 4.78 is 5.56. The molecule has 0 aromatic carbocycles. The number of carbonyl (C=O) groups is 1. The summed E-state index contributed by atoms with van der Waals surface area (Å²) in [5, 5.41) is 2.98. The molecular formula is C10H21ClN2O2. The second-order valence-corrected chi connectivity index (χ2v) is 3.91. The van der Waals surface area contributed by atoms with Crippen molar-refractivity contribution in [3.63, 3.8) is 0 Å². The van der Waals surface area contributed by atoms with E-state index < -0.39 is 0 Å². The minimum Gasteiger partial charge on any atom is -0.372 e. The van der Waals surface area contributed by atoms with E-state index >= 15 is 0 Å². The van der Waals surface area contributed by atoms with Crippen LogP contribution in [0.15, 0.2) is 0 Å². The van der Waals surface area contributed by atoms with Gasteiger partial charge in [-0.05, 0) is 20.9 Å². The molecule has 1 amide bonds. The molecule has 1 N–H and O–H groups in total. The molecule has 0 unspecified atom stereocenters. The van der Waals surface area contributed by atoms with Crippen LogP contribution >= 0.6 is 12.4 Å². The molecule has 5 heteroatoms. The maximum absolute atomic E-state index is 11.7. The average molecular weight is 237 g/mol. The summed E-state index contributed by atoms with van der Waals surface area (Å²) in [7, 11) is 1.86. The first kappa shape index (κ1) is 14.7. The Hall–Kier alpha value is -0.320. The third kappa shape index (κ3) is 4.82. The molecule has 2 atom stereocenters. The SMILES string of the molecule is CNCCC(=O)N1C[C@@H](C)O[C@@H](C)C1.Cl. The molecule has 0 radical (unpaired) electrons. The van der Waals surface area contributed by atoms with E-state index in [9.17, 15) is 4.79 Å². The van der Waals surface area contributed by atoms with E-state index in [1.807, 2.05) is 25.8 Å². The predicted molar refractivity (Wildman–Crippen MR) is 62.4 cm³/mol. The molecule has 0 aliphatic carbocycles. The van der Waals surface area contributed by atoms with Crippen molar-refractivity contribution in [2.24, 2.45) is 0 Å². The van der Waals surface area contributed by atoms with Gasteiger partial charge in [-0.25, -0.2) is 0 Å². The summed E-state index contributed by atoms with van der Waals surface area (Å²) >= 11 is 0. The lowest BCUT2D eigenvalue weighted by atomic mass is 10.2. The fourth-order valence-electron chi connectivity index (χ4n) is 1.77. The van der Waals surface area contributed by atoms with Crippen molar-refractivity contribution in [2.45, 2.75) is 32.5 Å². The topological polar surface area (TPSA) is 41.6 Å². The van der Waals surface area contributed by atoms with Crippen LogP contribution in [-0.4, -0.2) is 49.7 Å². The normalized spacial score (nSPS) is 25.9. The second-order valence-electron chi connectivity index (χ2n) is 3.91. The number of hydrogen-bond acceptors (Lipinski definition) is 3. The van der Waals surface area contributed by atoms with Gasteiger partial charge in [-0.3, -0.25) is 4.79 Å². The van der Waals surface area contributed by atoms with Crippen molar-refractivity contribution in [1.29, 1.82) is 0 Å². The highest BCUT2D eigenvalue weighted by Gasteiger charge is 2.25. The Morgan fingerprint density at radius 1 is 1.40 bits per heavy atom. The minimum absolute atomic E-state index is 0. The summed E-state index contributed by atoms with van der Waals surface area (Å²) in [5.74, 6) is 0.223. The molecule has 1 heterocycles. The Morgan fingerprint density at radius 2 is 1.93 bits per heavy atom. The first-order valence-electron chi connectivity index (χ1n) is 5.21. The minimum atomic E-state index is 0. The highest BCUT2D eigenvalue weighted by atomic mass is 35.5. The third-order valence-corrected chi connectivity index (χ3v) is 2.36. The van der Waals surface area contributed by atoms with Crippen LogP contribution in [0.4, 0.5) is 0 Å². The standard InChI is InChI=1S/C10H20N2O2.ClH/c1-8-6-12(7-9(2)14-8)10(13)4-5-11-3;/h8-9,11H,4-7H2,1-3H3;1H/t8-,9+;. The highest BCUT2D eigenvalue weighted by molar-refractivity contribution is 5.85. The molecule has 0 aromatic heterocycles. The van der Waals surface area contributed by atoms with Crippen LogP contribution < -0.4 is 5.32 Å². The third-order valence-electron chi connectivity index (χ3n) is 2.36. The molecule has 0 spiro atoms. The van der Waals surface area contributed by atoms with E-state index in [1.54, 1.807) is 0 Å². The Labute approximate surface area is 97.8 Å². The van der Waals surface area contributed by atoms with Gasteiger partial charge >= 0.3 is 0 Å². The lowest BCUT2D eigenvalue weighted by Crippen LogP contribution is -2.48. The van der Waals surface area contributed by atoms with Crippen molar-refractivity contribution in [2.75, 3.05) is 26.7 Å². The van der Waals surface area contributed by atoms with Crippen LogP contribution in [-0.2, 0) is 9.53 Å². The molecular weight excluding hydrogens is 216 g/mol. The molecule has 0 saturated carbocycles. The van der Waals surface area contributed by atoms with E-state index in [0.29, 0.717) is 6.42 Å². The van der Waals surface area contributed by atoms with E-state index in [4.69, 9.17) is 4.74 Å². The average Bonchev–Trinajstić information content (AvgIpc) is 2.12. The van der Waals surface area contributed by atoms with Gasteiger partial charge in [0.2, 0.25) is 5.91 Å². The van der Waals surface area contributed by atoms with Crippen LogP contribution in [0.3, 0.4) is 0 Å². The maximum Gasteiger partial charge on any atom is 0.224 e. The van der Waals surface area contributed by atoms with Gasteiger partial charge in [-0.1, -0.05) is 0 Å². The number of nitrogens with zero attached hydrogens (tertiary/aromatic N) is 1. The summed E-state index contributed by atoms with van der Waals surface area (Å²) in [6.45, 7) is 6.22. The van der Waals surface area contributed by atoms with Gasteiger partial charge in [0.05, 0.1) is 12.2 Å². The summed E-state index contributed by atoms with van der Waals surface area (Å²) in [5.41, 5.74) is 0. The molecule has 1 fully saturated rings. The van der Waals surface area contributed by atoms with Crippen molar-refractivity contribution in [3.05, 3.63) is 0 Å². The van der Waals surface area contributed by atoms with E-state index in [0.717, 1.165) is 19.6 Å². The first-order chi connectivity index (χ1) is 6.63. The number of morpholine rings is 1. The first-order valence-corrected chi connectivity index (χ1v) is 5.21. The molecule has 1 rings (SSSR count). The maximum atomic E-state index is 11.7. The van der Waals surface area contributed by atoms with Gasteiger partial charge in [0.25, 0.3) is 0 Å². The fourth-order valence-corrected chi connectivity index (χ4v) is 1.77. The van der Waals surface area contributed by atoms with E-state index in [1.165, 1.54) is 0 Å². The molecule has 1 aliphatic rings. The van der Waals surface area contributed by atoms with Crippen LogP contribution in [0, 0.1) is 0 Å². The van der Waals surface area contributed by atoms with Crippen LogP contribution in [0.5, 0.6) is 0 Å². The summed E-state index contributed by atoms with van der Waals surface area (Å²) in [4.78, 5) is 13.6. The van der Waals surface area contributed by atoms with Gasteiger partial charge in [-0.2, -0.15) is 0 Å². The quantitative estimate of drug-likeness (QED) is 0.783. The molecule has 1 aliphatic heterocycles. The number of carbonyl (C=O) groups excluding carboxylic acids is 1. The van der Waals surface area contributed by atoms with E-state index in [2.05, 4.69) is 5.32 Å². The molecule has 0 aromatic rings. The number of hydrogen-bond donors (Lipinski definition) is 1. The van der Waals surface area contributed by atoms with Gasteiger partial charge in [0.1, 0.15) is 0 Å². The zero-order valence-corrected chi connectivity index (χ0v) is 10.5. The molecule has 0 bridgehead atoms. The Balaban J connectivity index is 0.00000196. The van der Waals surface area contributed by atoms with Crippen molar-refractivity contribution >= 4 is 18.3 Å². The number of rotatable bonds is 3. The number of halogens is 1. The second kappa shape index (κ2) is 7.04. The fraction of sp³-hybridized carbons (Fsp3) is 0.900. The Kier molecular flexibility index (Phi) is 6.89. The zero-order valence-electron chi connectivity index (χ0n) is 9.66. The Bertz CT molecular complexity index is 192. The summed E-state index contributed by atoms with van der Waals surface area (Å²) in [6.07, 6.45) is 0.908. The van der Waals surface area contributed by atoms with Crippen LogP contribution in [0.2, 0.25) is 0 Å². The van der Waals surface area contributed by atoms with Gasteiger partial charge in [0.15, 0.2) is 0 Å². The number of ether oxygens (including phenoxy) is 1. The summed E-state index contributed by atoms with van der Waals surface area (Å²) in [6, 6.07) is 0. The predicted octanol–water partition coefficient (Wildman–Crippen LogP) is 0.653. The molecule has 4 nitrogen and oxygen atoms in total. The highest BCUT2D eigenvalue weighted by Crippen LogP contribution is 2.11. The van der Waals surface area contributed by atoms with Crippen molar-refractivity contribution in [1.82, 2.24) is 10.2 Å². The van der Waals surface area contributed by atoms with E-state index in [-0.39, 0.29) is 30.5 Å². The molecule has 15 heavy (non-hydrogen) atoms. The van der Waals surface area contributed by atoms with Crippen molar-refractivity contribution in [3.8, 4) is 0 Å². The molecule has 90 valence electrons. The van der Waals surface area contributed by atoms with Gasteiger partial charge in [-0.15, -0.1) is 12.4 Å². The smallest absolute Gasteiger partial charge is 0.224 e. The monoisotopic (exact) mass is 236 g/mol. The van der Waals surface area contributed by atoms with Crippen LogP contribution in [0.1, 0.15) is 20.3 Å². The number of amides is 1. The number of nitrogens with one attached hydrogen (secondary N) is 1.